The molecular weight excluding hydrogens is 480 g/mol. The fourth-order valence-corrected chi connectivity index (χ4v) is 6.50. The average Bonchev–Trinajstić information content (AvgIpc) is 2.83. The van der Waals surface area contributed by atoms with E-state index >= 15 is 0 Å². The van der Waals surface area contributed by atoms with Gasteiger partial charge in [0.2, 0.25) is 10.2 Å². The van der Waals surface area contributed by atoms with Gasteiger partial charge in [-0.2, -0.15) is 0 Å². The first-order valence-electron chi connectivity index (χ1n) is 12.8. The second-order valence-corrected chi connectivity index (χ2v) is 12.4. The second kappa shape index (κ2) is 12.3. The van der Waals surface area contributed by atoms with Crippen LogP contribution in [0, 0.1) is 13.8 Å². The van der Waals surface area contributed by atoms with Crippen LogP contribution in [0.5, 0.6) is 0 Å². The molecule has 190 valence electrons. The molecule has 2 nitrogen and oxygen atoms in total. The first-order valence-corrected chi connectivity index (χ1v) is 14.4. The summed E-state index contributed by atoms with van der Waals surface area (Å²) in [5.41, 5.74) is 7.09. The number of benzene rings is 3. The highest BCUT2D eigenvalue weighted by Crippen LogP contribution is 2.43. The van der Waals surface area contributed by atoms with E-state index in [0.29, 0.717) is 11.1 Å². The summed E-state index contributed by atoms with van der Waals surface area (Å²) in [6.07, 6.45) is 4.18. The number of hydrogen-bond acceptors (Lipinski definition) is 4. The summed E-state index contributed by atoms with van der Waals surface area (Å²) in [6.45, 7) is 15.0. The zero-order valence-corrected chi connectivity index (χ0v) is 24.3. The van der Waals surface area contributed by atoms with Crippen LogP contribution in [0.4, 0.5) is 0 Å². The number of thioether (sulfide) groups is 2. The van der Waals surface area contributed by atoms with E-state index in [2.05, 4.69) is 47.6 Å². The molecule has 3 rings (SSSR count). The first-order chi connectivity index (χ1) is 17.0. The lowest BCUT2D eigenvalue weighted by molar-refractivity contribution is 0.108. The van der Waals surface area contributed by atoms with Crippen molar-refractivity contribution < 1.29 is 9.59 Å². The van der Waals surface area contributed by atoms with Crippen molar-refractivity contribution in [2.75, 3.05) is 0 Å². The van der Waals surface area contributed by atoms with Crippen molar-refractivity contribution in [1.82, 2.24) is 0 Å². The van der Waals surface area contributed by atoms with Crippen LogP contribution in [-0.4, -0.2) is 10.2 Å². The number of hydrogen-bond donors (Lipinski definition) is 0. The normalized spacial score (nSPS) is 11.5. The molecule has 0 heterocycles. The fraction of sp³-hybridized carbons (Fsp3) is 0.375. The van der Waals surface area contributed by atoms with E-state index in [1.165, 1.54) is 40.2 Å². The van der Waals surface area contributed by atoms with Gasteiger partial charge in [-0.1, -0.05) is 102 Å². The van der Waals surface area contributed by atoms with Gasteiger partial charge in [-0.25, -0.2) is 0 Å². The molecule has 0 unspecified atom stereocenters. The van der Waals surface area contributed by atoms with Crippen LogP contribution in [0.25, 0.3) is 0 Å². The molecule has 0 fully saturated rings. The van der Waals surface area contributed by atoms with E-state index in [9.17, 15) is 9.59 Å². The summed E-state index contributed by atoms with van der Waals surface area (Å²) in [5, 5.41) is 0.00657. The molecule has 0 aliphatic rings. The zero-order chi connectivity index (χ0) is 26.5. The maximum atomic E-state index is 13.4. The van der Waals surface area contributed by atoms with E-state index < -0.39 is 0 Å². The minimum atomic E-state index is -0.0721. The third-order valence-electron chi connectivity index (χ3n) is 6.32. The van der Waals surface area contributed by atoms with Crippen LogP contribution in [0.2, 0.25) is 0 Å². The third-order valence-corrected chi connectivity index (χ3v) is 8.74. The first kappa shape index (κ1) is 28.3. The van der Waals surface area contributed by atoms with E-state index in [4.69, 9.17) is 0 Å². The van der Waals surface area contributed by atoms with Crippen molar-refractivity contribution in [3.8, 4) is 0 Å². The van der Waals surface area contributed by atoms with Crippen LogP contribution in [0.15, 0.2) is 64.4 Å². The highest BCUT2D eigenvalue weighted by atomic mass is 32.2. The highest BCUT2D eigenvalue weighted by molar-refractivity contribution is 8.16. The predicted molar refractivity (Wildman–Crippen MR) is 156 cm³/mol. The smallest absolute Gasteiger partial charge is 0.224 e. The summed E-state index contributed by atoms with van der Waals surface area (Å²) in [4.78, 5) is 28.5. The minimum Gasteiger partial charge on any atom is -0.281 e. The molecule has 0 aliphatic heterocycles. The molecule has 3 aromatic carbocycles. The van der Waals surface area contributed by atoms with Crippen LogP contribution >= 0.6 is 23.5 Å². The monoisotopic (exact) mass is 518 g/mol. The lowest BCUT2D eigenvalue weighted by Gasteiger charge is -2.26. The summed E-state index contributed by atoms with van der Waals surface area (Å²) < 4.78 is 0. The molecule has 0 aliphatic carbocycles. The van der Waals surface area contributed by atoms with Gasteiger partial charge < -0.3 is 0 Å². The lowest BCUT2D eigenvalue weighted by Crippen LogP contribution is -2.15. The molecular formula is C32H38O2S2. The van der Waals surface area contributed by atoms with Crippen LogP contribution < -0.4 is 0 Å². The van der Waals surface area contributed by atoms with Crippen molar-refractivity contribution in [3.05, 3.63) is 93.5 Å². The Kier molecular flexibility index (Phi) is 9.66. The molecule has 0 saturated carbocycles. The molecule has 3 aromatic rings. The molecule has 0 aromatic heterocycles. The summed E-state index contributed by atoms with van der Waals surface area (Å²) in [6, 6.07) is 18.0. The molecule has 0 spiro atoms. The molecule has 36 heavy (non-hydrogen) atoms. The molecule has 0 amide bonds. The third kappa shape index (κ3) is 6.92. The van der Waals surface area contributed by atoms with Gasteiger partial charge in [-0.05, 0) is 83.4 Å². The zero-order valence-electron chi connectivity index (χ0n) is 22.7. The Morgan fingerprint density at radius 1 is 0.694 bits per heavy atom. The molecule has 0 radical (unpaired) electrons. The Bertz CT molecular complexity index is 1220. The standard InChI is InChI=1S/C32H38O2S2/c1-8-10-23-12-16-25(17-13-23)30(33)35-28-21(3)20-27(32(5,6)7)22(4)29(28)36-31(34)26-18-14-24(11-9-2)15-19-26/h12-20H,8-11H2,1-7H3. The maximum Gasteiger partial charge on any atom is 0.224 e. The molecule has 0 bridgehead atoms. The van der Waals surface area contributed by atoms with Gasteiger partial charge in [-0.15, -0.1) is 0 Å². The average molecular weight is 519 g/mol. The Morgan fingerprint density at radius 2 is 1.11 bits per heavy atom. The number of rotatable bonds is 8. The van der Waals surface area contributed by atoms with Crippen LogP contribution in [-0.2, 0) is 18.3 Å². The van der Waals surface area contributed by atoms with Crippen LogP contribution in [0.3, 0.4) is 0 Å². The Balaban J connectivity index is 1.98. The van der Waals surface area contributed by atoms with E-state index in [1.807, 2.05) is 55.5 Å². The minimum absolute atomic E-state index is 0.00211. The topological polar surface area (TPSA) is 34.1 Å². The quantitative estimate of drug-likeness (QED) is 0.278. The van der Waals surface area contributed by atoms with Crippen molar-refractivity contribution in [3.63, 3.8) is 0 Å². The van der Waals surface area contributed by atoms with E-state index in [1.54, 1.807) is 0 Å². The van der Waals surface area contributed by atoms with Crippen molar-refractivity contribution in [2.45, 2.75) is 89.4 Å². The van der Waals surface area contributed by atoms with Gasteiger partial charge in [-0.3, -0.25) is 9.59 Å². The van der Waals surface area contributed by atoms with Gasteiger partial charge >= 0.3 is 0 Å². The van der Waals surface area contributed by atoms with Crippen molar-refractivity contribution >= 4 is 33.8 Å². The van der Waals surface area contributed by atoms with Crippen molar-refractivity contribution in [2.24, 2.45) is 0 Å². The molecule has 0 N–H and O–H groups in total. The van der Waals surface area contributed by atoms with Gasteiger partial charge in [0.1, 0.15) is 0 Å². The Labute approximate surface area is 225 Å². The number of carbonyl (C=O) groups excluding carboxylic acids is 2. The predicted octanol–water partition coefficient (Wildman–Crippen LogP) is 9.37. The molecule has 0 atom stereocenters. The second-order valence-electron chi connectivity index (χ2n) is 10.4. The van der Waals surface area contributed by atoms with Crippen molar-refractivity contribution in [1.29, 1.82) is 0 Å². The largest absolute Gasteiger partial charge is 0.281 e. The Morgan fingerprint density at radius 3 is 1.50 bits per heavy atom. The van der Waals surface area contributed by atoms with Gasteiger partial charge in [0.05, 0.1) is 0 Å². The van der Waals surface area contributed by atoms with Gasteiger partial charge in [0, 0.05) is 20.9 Å². The summed E-state index contributed by atoms with van der Waals surface area (Å²) >= 11 is 2.48. The fourth-order valence-electron chi connectivity index (χ4n) is 4.39. The lowest BCUT2D eigenvalue weighted by atomic mass is 9.83. The highest BCUT2D eigenvalue weighted by Gasteiger charge is 2.25. The summed E-state index contributed by atoms with van der Waals surface area (Å²) in [5.74, 6) is 0. The van der Waals surface area contributed by atoms with Crippen LogP contribution in [0.1, 0.15) is 96.0 Å². The number of aryl methyl sites for hydroxylation is 3. The van der Waals surface area contributed by atoms with Gasteiger partial charge in [0.15, 0.2) is 0 Å². The maximum absolute atomic E-state index is 13.4. The SMILES string of the molecule is CCCc1ccc(C(=O)Sc2c(C)cc(C(C)(C)C)c(C)c2SC(=O)c2ccc(CCC)cc2)cc1. The summed E-state index contributed by atoms with van der Waals surface area (Å²) in [7, 11) is 0. The van der Waals surface area contributed by atoms with Gasteiger partial charge in [0.25, 0.3) is 0 Å². The number of carbonyl (C=O) groups is 2. The van der Waals surface area contributed by atoms with E-state index in [0.717, 1.165) is 46.6 Å². The molecule has 0 saturated heterocycles. The molecule has 4 heteroatoms. The van der Waals surface area contributed by atoms with E-state index in [-0.39, 0.29) is 15.6 Å². The Hall–Kier alpha value is -2.30.